The molecule has 0 saturated carbocycles. The van der Waals surface area contributed by atoms with Crippen LogP contribution in [0.1, 0.15) is 247 Å². The van der Waals surface area contributed by atoms with Gasteiger partial charge in [-0.1, -0.05) is 130 Å². The zero-order chi connectivity index (χ0) is 46.8. The zero-order valence-corrected chi connectivity index (χ0v) is 40.3. The summed E-state index contributed by atoms with van der Waals surface area (Å²) in [6.45, 7) is 15.4. The lowest BCUT2D eigenvalue weighted by molar-refractivity contribution is 0.412. The Morgan fingerprint density at radius 1 is 0.266 bits per heavy atom. The lowest BCUT2D eigenvalue weighted by atomic mass is 9.74. The molecule has 1 aliphatic carbocycles. The van der Waals surface area contributed by atoms with Gasteiger partial charge in [-0.05, 0) is 77.6 Å². The number of phenolic OH excluding ortho intramolecular Hbond substituents is 8. The van der Waals surface area contributed by atoms with Gasteiger partial charge < -0.3 is 40.9 Å². The fraction of sp³-hybridized carbons (Fsp3) is 0.571. The number of fused-ring (bicyclic) bond motifs is 8. The Balaban J connectivity index is 2.00. The van der Waals surface area contributed by atoms with E-state index in [1.54, 1.807) is 27.7 Å². The molecule has 0 aromatic heterocycles. The second-order valence-corrected chi connectivity index (χ2v) is 19.1. The smallest absolute Gasteiger partial charge is 0.126 e. The van der Waals surface area contributed by atoms with E-state index >= 15 is 0 Å². The highest BCUT2D eigenvalue weighted by Gasteiger charge is 2.35. The minimum absolute atomic E-state index is 0.0641. The molecule has 1 aliphatic rings. The van der Waals surface area contributed by atoms with Crippen LogP contribution in [-0.4, -0.2) is 40.9 Å². The Bertz CT molecular complexity index is 1780. The van der Waals surface area contributed by atoms with Crippen molar-refractivity contribution < 1.29 is 40.9 Å². The van der Waals surface area contributed by atoms with E-state index in [0.29, 0.717) is 92.4 Å². The van der Waals surface area contributed by atoms with Gasteiger partial charge in [0, 0.05) is 90.4 Å². The molecule has 8 nitrogen and oxygen atoms in total. The maximum absolute atomic E-state index is 12.2. The highest BCUT2D eigenvalue weighted by Crippen LogP contribution is 2.55. The third kappa shape index (κ3) is 10.5. The summed E-state index contributed by atoms with van der Waals surface area (Å²) >= 11 is 0. The van der Waals surface area contributed by atoms with Crippen LogP contribution in [0.15, 0.2) is 24.3 Å². The molecule has 0 aliphatic heterocycles. The number of phenols is 8. The van der Waals surface area contributed by atoms with Crippen LogP contribution >= 0.6 is 0 Å². The lowest BCUT2D eigenvalue weighted by Crippen LogP contribution is -2.13. The molecule has 8 heteroatoms. The van der Waals surface area contributed by atoms with Crippen LogP contribution in [0, 0.1) is 27.7 Å². The SMILES string of the molecule is CCCCCCC1c2cc(c(O)c(C)c2O)C(CCCCCC)c2cc(c(O)c(C)c2O)C(CCCCCC)c2cc(c(O)c(C)c2O)C(CCCCCC)c2cc1c(O)c(C)c2O. The molecule has 0 saturated heterocycles. The Labute approximate surface area is 384 Å². The number of unbranched alkanes of at least 4 members (excludes halogenated alkanes) is 12. The van der Waals surface area contributed by atoms with Crippen LogP contribution in [-0.2, 0) is 0 Å². The molecule has 8 bridgehead atoms. The topological polar surface area (TPSA) is 162 Å². The van der Waals surface area contributed by atoms with E-state index in [2.05, 4.69) is 27.7 Å². The van der Waals surface area contributed by atoms with Gasteiger partial charge in [-0.3, -0.25) is 0 Å². The first-order valence-corrected chi connectivity index (χ1v) is 24.9. The normalized spacial score (nSPS) is 17.2. The molecule has 0 heterocycles. The van der Waals surface area contributed by atoms with Crippen LogP contribution in [0.2, 0.25) is 0 Å². The molecule has 0 radical (unpaired) electrons. The molecule has 4 aromatic carbocycles. The molecule has 4 aromatic rings. The van der Waals surface area contributed by atoms with Crippen molar-refractivity contribution in [2.24, 2.45) is 0 Å². The maximum atomic E-state index is 12.2. The Kier molecular flexibility index (Phi) is 18.0. The predicted octanol–water partition coefficient (Wildman–Crippen LogP) is 15.3. The van der Waals surface area contributed by atoms with Crippen LogP contribution < -0.4 is 0 Å². The van der Waals surface area contributed by atoms with Crippen molar-refractivity contribution in [3.63, 3.8) is 0 Å². The van der Waals surface area contributed by atoms with Crippen LogP contribution in [0.4, 0.5) is 0 Å². The summed E-state index contributed by atoms with van der Waals surface area (Å²) in [4.78, 5) is 0. The van der Waals surface area contributed by atoms with Gasteiger partial charge in [-0.25, -0.2) is 0 Å². The van der Waals surface area contributed by atoms with Gasteiger partial charge in [0.15, 0.2) is 0 Å². The Morgan fingerprint density at radius 3 is 0.562 bits per heavy atom. The summed E-state index contributed by atoms with van der Waals surface area (Å²) < 4.78 is 0. The molecule has 8 N–H and O–H groups in total. The van der Waals surface area contributed by atoms with Crippen molar-refractivity contribution in [3.8, 4) is 46.0 Å². The van der Waals surface area contributed by atoms with Crippen LogP contribution in [0.3, 0.4) is 0 Å². The maximum Gasteiger partial charge on any atom is 0.126 e. The first-order chi connectivity index (χ1) is 30.7. The lowest BCUT2D eigenvalue weighted by Gasteiger charge is -2.31. The summed E-state index contributed by atoms with van der Waals surface area (Å²) in [6.07, 6.45) is 17.4. The van der Waals surface area contributed by atoms with E-state index in [4.69, 9.17) is 0 Å². The highest BCUT2D eigenvalue weighted by atomic mass is 16.3. The monoisotopic (exact) mass is 881 g/mol. The van der Waals surface area contributed by atoms with Gasteiger partial charge in [0.25, 0.3) is 0 Å². The van der Waals surface area contributed by atoms with Crippen molar-refractivity contribution in [3.05, 3.63) is 91.0 Å². The standard InChI is InChI=1S/C56H80O8/c1-9-13-17-21-25-37-41-29-43(51(59)33(5)49(41)57)38(26-22-18-14-10-2)45-31-47(55(63)35(7)53(45)61)40(28-24-20-16-12-4)48-32-46(54(62)36(8)56(48)64)39(27-23-19-15-11-3)44-30-42(37)50(58)34(6)52(44)60/h29-32,37-40,57-64H,9-28H2,1-8H3. The zero-order valence-electron chi connectivity index (χ0n) is 40.3. The molecule has 0 spiro atoms. The van der Waals surface area contributed by atoms with E-state index in [9.17, 15) is 40.9 Å². The third-order valence-corrected chi connectivity index (χ3v) is 14.7. The fourth-order valence-electron chi connectivity index (χ4n) is 10.5. The predicted molar refractivity (Wildman–Crippen MR) is 260 cm³/mol. The molecule has 0 unspecified atom stereocenters. The highest BCUT2D eigenvalue weighted by molar-refractivity contribution is 5.67. The minimum atomic E-state index is -0.550. The largest absolute Gasteiger partial charge is 0.507 e. The van der Waals surface area contributed by atoms with Crippen molar-refractivity contribution in [2.75, 3.05) is 0 Å². The first kappa shape index (κ1) is 50.3. The van der Waals surface area contributed by atoms with Gasteiger partial charge in [0.05, 0.1) is 0 Å². The van der Waals surface area contributed by atoms with Gasteiger partial charge in [0.2, 0.25) is 0 Å². The number of benzene rings is 4. The number of hydrogen-bond donors (Lipinski definition) is 8. The van der Waals surface area contributed by atoms with Gasteiger partial charge in [-0.2, -0.15) is 0 Å². The average molecular weight is 881 g/mol. The van der Waals surface area contributed by atoms with E-state index < -0.39 is 23.7 Å². The quantitative estimate of drug-likeness (QED) is 0.0407. The van der Waals surface area contributed by atoms with Crippen molar-refractivity contribution in [2.45, 2.75) is 207 Å². The third-order valence-electron chi connectivity index (χ3n) is 14.7. The molecule has 64 heavy (non-hydrogen) atoms. The average Bonchev–Trinajstić information content (AvgIpc) is 3.28. The Hall–Kier alpha value is -4.72. The summed E-state index contributed by atoms with van der Waals surface area (Å²) in [5.74, 6) is -2.71. The summed E-state index contributed by atoms with van der Waals surface area (Å²) in [6, 6.07) is 7.48. The van der Waals surface area contributed by atoms with Gasteiger partial charge in [0.1, 0.15) is 46.0 Å². The van der Waals surface area contributed by atoms with Crippen LogP contribution in [0.5, 0.6) is 46.0 Å². The summed E-state index contributed by atoms with van der Waals surface area (Å²) in [5, 5.41) is 97.4. The van der Waals surface area contributed by atoms with E-state index in [0.717, 1.165) is 103 Å². The number of aromatic hydroxyl groups is 8. The number of hydrogen-bond acceptors (Lipinski definition) is 8. The molecular formula is C56H80O8. The molecule has 0 amide bonds. The van der Waals surface area contributed by atoms with Gasteiger partial charge >= 0.3 is 0 Å². The molecule has 0 fully saturated rings. The van der Waals surface area contributed by atoms with Crippen molar-refractivity contribution in [1.29, 1.82) is 0 Å². The van der Waals surface area contributed by atoms with Gasteiger partial charge in [-0.15, -0.1) is 0 Å². The fourth-order valence-corrected chi connectivity index (χ4v) is 10.5. The first-order valence-electron chi connectivity index (χ1n) is 24.9. The van der Waals surface area contributed by atoms with Crippen molar-refractivity contribution >= 4 is 0 Å². The molecule has 5 rings (SSSR count). The van der Waals surface area contributed by atoms with E-state index in [1.165, 1.54) is 0 Å². The summed E-state index contributed by atoms with van der Waals surface area (Å²) in [7, 11) is 0. The van der Waals surface area contributed by atoms with E-state index in [-0.39, 0.29) is 46.0 Å². The second-order valence-electron chi connectivity index (χ2n) is 19.1. The van der Waals surface area contributed by atoms with E-state index in [1.807, 2.05) is 24.3 Å². The minimum Gasteiger partial charge on any atom is -0.507 e. The Morgan fingerprint density at radius 2 is 0.422 bits per heavy atom. The molecule has 0 atom stereocenters. The van der Waals surface area contributed by atoms with Crippen LogP contribution in [0.25, 0.3) is 0 Å². The van der Waals surface area contributed by atoms with Crippen molar-refractivity contribution in [1.82, 2.24) is 0 Å². The molecule has 352 valence electrons. The number of rotatable bonds is 20. The molecular weight excluding hydrogens is 801 g/mol. The second kappa shape index (κ2) is 22.9. The summed E-state index contributed by atoms with van der Waals surface area (Å²) in [5.41, 5.74) is 5.61.